The van der Waals surface area contributed by atoms with Crippen molar-refractivity contribution in [3.8, 4) is 0 Å². The number of aromatic carboxylic acids is 2. The number of carbonyl (C=O) groups is 4. The Morgan fingerprint density at radius 2 is 1.31 bits per heavy atom. The molecule has 36 heavy (non-hydrogen) atoms. The molecule has 0 spiro atoms. The molecule has 10 heteroatoms. The summed E-state index contributed by atoms with van der Waals surface area (Å²) in [5, 5.41) is 18.2. The summed E-state index contributed by atoms with van der Waals surface area (Å²) in [5.41, 5.74) is 1.42. The Kier molecular flexibility index (Phi) is 13.4. The third kappa shape index (κ3) is 8.75. The van der Waals surface area contributed by atoms with Gasteiger partial charge in [-0.3, -0.25) is 0 Å². The van der Waals surface area contributed by atoms with Crippen LogP contribution in [0, 0.1) is 0 Å². The highest BCUT2D eigenvalue weighted by atomic mass is 16.5. The summed E-state index contributed by atoms with van der Waals surface area (Å²) in [6, 6.07) is 3.09. The molecule has 0 aliphatic heterocycles. The second kappa shape index (κ2) is 16.0. The van der Waals surface area contributed by atoms with Gasteiger partial charge in [0.05, 0.1) is 24.3 Å². The zero-order valence-corrected chi connectivity index (χ0v) is 21.2. The number of rotatable bonds is 12. The third-order valence-electron chi connectivity index (χ3n) is 4.83. The zero-order chi connectivity index (χ0) is 27.1. The third-order valence-corrected chi connectivity index (χ3v) is 4.83. The van der Waals surface area contributed by atoms with Crippen LogP contribution < -0.4 is 0 Å². The van der Waals surface area contributed by atoms with Crippen molar-refractivity contribution >= 4 is 23.9 Å². The lowest BCUT2D eigenvalue weighted by Gasteiger charge is -2.13. The van der Waals surface area contributed by atoms with Gasteiger partial charge in [0, 0.05) is 12.4 Å². The Morgan fingerprint density at radius 1 is 0.722 bits per heavy atom. The fourth-order valence-electron chi connectivity index (χ4n) is 3.28. The molecule has 0 atom stereocenters. The van der Waals surface area contributed by atoms with E-state index < -0.39 is 23.9 Å². The first-order valence-corrected chi connectivity index (χ1v) is 12.0. The van der Waals surface area contributed by atoms with Crippen LogP contribution >= 0.6 is 0 Å². The van der Waals surface area contributed by atoms with Gasteiger partial charge in [-0.25, -0.2) is 29.1 Å². The van der Waals surface area contributed by atoms with Crippen LogP contribution in [0.3, 0.4) is 0 Å². The molecule has 0 amide bonds. The van der Waals surface area contributed by atoms with E-state index in [4.69, 9.17) is 19.7 Å². The fourth-order valence-corrected chi connectivity index (χ4v) is 3.28. The molecule has 2 heterocycles. The van der Waals surface area contributed by atoms with Crippen LogP contribution in [0.5, 0.6) is 0 Å². The van der Waals surface area contributed by atoms with E-state index in [1.165, 1.54) is 12.3 Å². The Labute approximate surface area is 210 Å². The minimum Gasteiger partial charge on any atom is -0.478 e. The molecule has 0 saturated carbocycles. The quantitative estimate of drug-likeness (QED) is 0.394. The van der Waals surface area contributed by atoms with Crippen molar-refractivity contribution < 1.29 is 38.9 Å². The van der Waals surface area contributed by atoms with E-state index in [2.05, 4.69) is 9.97 Å². The van der Waals surface area contributed by atoms with Gasteiger partial charge in [-0.05, 0) is 48.9 Å². The normalized spacial score (nSPS) is 10.1. The molecule has 0 bridgehead atoms. The summed E-state index contributed by atoms with van der Waals surface area (Å²) >= 11 is 0. The largest absolute Gasteiger partial charge is 0.478 e. The van der Waals surface area contributed by atoms with Crippen molar-refractivity contribution in [1.29, 1.82) is 0 Å². The number of carboxylic acids is 2. The highest BCUT2D eigenvalue weighted by molar-refractivity contribution is 6.01. The molecule has 2 aromatic rings. The van der Waals surface area contributed by atoms with Gasteiger partial charge in [0.15, 0.2) is 11.4 Å². The molecule has 0 saturated heterocycles. The van der Waals surface area contributed by atoms with Crippen LogP contribution in [-0.4, -0.2) is 57.3 Å². The van der Waals surface area contributed by atoms with Gasteiger partial charge in [-0.1, -0.05) is 40.5 Å². The molecule has 2 rings (SSSR count). The summed E-state index contributed by atoms with van der Waals surface area (Å²) in [7, 11) is 0. The van der Waals surface area contributed by atoms with E-state index in [-0.39, 0.29) is 22.5 Å². The molecule has 0 aliphatic carbocycles. The summed E-state index contributed by atoms with van der Waals surface area (Å²) in [5.74, 6) is -3.30. The number of nitrogens with zero attached hydrogens (tertiary/aromatic N) is 2. The van der Waals surface area contributed by atoms with Gasteiger partial charge in [0.2, 0.25) is 0 Å². The lowest BCUT2D eigenvalue weighted by atomic mass is 9.94. The van der Waals surface area contributed by atoms with Gasteiger partial charge in [-0.2, -0.15) is 0 Å². The second-order valence-corrected chi connectivity index (χ2v) is 7.76. The molecule has 10 nitrogen and oxygen atoms in total. The number of carboxylic acid groups (broad SMARTS) is 2. The number of carbonyl (C=O) groups excluding carboxylic acids is 2. The summed E-state index contributed by atoms with van der Waals surface area (Å²) in [4.78, 5) is 53.4. The lowest BCUT2D eigenvalue weighted by Crippen LogP contribution is -2.16. The van der Waals surface area contributed by atoms with Gasteiger partial charge < -0.3 is 19.7 Å². The molecule has 0 unspecified atom stereocenters. The van der Waals surface area contributed by atoms with Crippen LogP contribution in [0.4, 0.5) is 0 Å². The molecule has 0 radical (unpaired) electrons. The predicted octanol–water partition coefficient (Wildman–Crippen LogP) is 4.60. The summed E-state index contributed by atoms with van der Waals surface area (Å²) in [6.07, 6.45) is 6.64. The summed E-state index contributed by atoms with van der Waals surface area (Å²) in [6.45, 7) is 8.27. The van der Waals surface area contributed by atoms with Crippen molar-refractivity contribution in [1.82, 2.24) is 9.97 Å². The number of pyridine rings is 2. The van der Waals surface area contributed by atoms with Crippen LogP contribution in [0.25, 0.3) is 0 Å². The molecule has 196 valence electrons. The lowest BCUT2D eigenvalue weighted by molar-refractivity contribution is 0.0452. The van der Waals surface area contributed by atoms with Crippen LogP contribution in [0.15, 0.2) is 24.5 Å². The maximum atomic E-state index is 11.7. The Balaban J connectivity index is 0.000000360. The first-order valence-electron chi connectivity index (χ1n) is 12.0. The molecular formula is C26H34N2O8. The Bertz CT molecular complexity index is 970. The predicted molar refractivity (Wildman–Crippen MR) is 132 cm³/mol. The van der Waals surface area contributed by atoms with Crippen molar-refractivity contribution in [3.63, 3.8) is 0 Å². The maximum Gasteiger partial charge on any atom is 0.357 e. The van der Waals surface area contributed by atoms with Crippen LogP contribution in [0.2, 0.25) is 0 Å². The van der Waals surface area contributed by atoms with Crippen molar-refractivity contribution in [3.05, 3.63) is 58.2 Å². The van der Waals surface area contributed by atoms with E-state index >= 15 is 0 Å². The molecule has 0 fully saturated rings. The second-order valence-electron chi connectivity index (χ2n) is 7.76. The number of hydrogen-bond donors (Lipinski definition) is 2. The van der Waals surface area contributed by atoms with E-state index in [1.54, 1.807) is 6.07 Å². The average molecular weight is 503 g/mol. The van der Waals surface area contributed by atoms with Gasteiger partial charge in [0.25, 0.3) is 0 Å². The van der Waals surface area contributed by atoms with Crippen LogP contribution in [-0.2, 0) is 22.3 Å². The van der Waals surface area contributed by atoms with E-state index in [0.717, 1.165) is 25.5 Å². The number of esters is 2. The molecule has 0 aromatic carbocycles. The summed E-state index contributed by atoms with van der Waals surface area (Å²) < 4.78 is 9.95. The zero-order valence-electron chi connectivity index (χ0n) is 21.2. The van der Waals surface area contributed by atoms with Gasteiger partial charge in [0.1, 0.15) is 0 Å². The number of ether oxygens (including phenoxy) is 2. The first-order chi connectivity index (χ1) is 17.2. The van der Waals surface area contributed by atoms with Gasteiger partial charge in [-0.15, -0.1) is 0 Å². The minimum absolute atomic E-state index is 0.00653. The topological polar surface area (TPSA) is 153 Å². The SMILES string of the molecule is CCCOC(=O)c1cccnc1C(=O)OCCC.CCCc1c(C(=O)O)cnc(C(=O)O)c1CCC. The van der Waals surface area contributed by atoms with Crippen molar-refractivity contribution in [2.75, 3.05) is 13.2 Å². The Hall–Kier alpha value is -3.82. The van der Waals surface area contributed by atoms with Crippen molar-refractivity contribution in [2.45, 2.75) is 66.2 Å². The van der Waals surface area contributed by atoms with E-state index in [0.29, 0.717) is 43.6 Å². The smallest absolute Gasteiger partial charge is 0.357 e. The number of aromatic nitrogens is 2. The van der Waals surface area contributed by atoms with Crippen LogP contribution in [0.1, 0.15) is 106 Å². The fraction of sp³-hybridized carbons (Fsp3) is 0.462. The van der Waals surface area contributed by atoms with Gasteiger partial charge >= 0.3 is 23.9 Å². The standard InChI is InChI=1S/2C13H17NO4/c1-3-8-17-12(15)10-6-5-7-14-11(10)13(16)18-9-4-2;1-3-5-8-9(6-4-2)11(13(17)18)14-7-10(8)12(15)16/h5-7H,3-4,8-9H2,1-2H3;7H,3-6H2,1-2H3,(H,15,16)(H,17,18). The average Bonchev–Trinajstić information content (AvgIpc) is 2.86. The Morgan fingerprint density at radius 3 is 1.83 bits per heavy atom. The molecular weight excluding hydrogens is 468 g/mol. The molecule has 0 aliphatic rings. The maximum absolute atomic E-state index is 11.7. The molecule has 2 aromatic heterocycles. The number of hydrogen-bond acceptors (Lipinski definition) is 8. The molecule has 2 N–H and O–H groups in total. The first kappa shape index (κ1) is 30.2. The highest BCUT2D eigenvalue weighted by Gasteiger charge is 2.21. The van der Waals surface area contributed by atoms with E-state index in [9.17, 15) is 19.2 Å². The highest BCUT2D eigenvalue weighted by Crippen LogP contribution is 2.21. The minimum atomic E-state index is -1.10. The van der Waals surface area contributed by atoms with Crippen molar-refractivity contribution in [2.24, 2.45) is 0 Å². The van der Waals surface area contributed by atoms with E-state index in [1.807, 2.05) is 27.7 Å². The monoisotopic (exact) mass is 502 g/mol.